The van der Waals surface area contributed by atoms with Crippen molar-refractivity contribution >= 4 is 17.9 Å². The van der Waals surface area contributed by atoms with Crippen LogP contribution < -0.4 is 0 Å². The normalized spacial score (nSPS) is 9.40. The molecule has 0 N–H and O–H groups in total. The molecule has 0 radical (unpaired) electrons. The second-order valence-corrected chi connectivity index (χ2v) is 2.03. The van der Waals surface area contributed by atoms with Crippen LogP contribution in [-0.2, 0) is 0 Å². The van der Waals surface area contributed by atoms with Crippen LogP contribution in [0.2, 0.25) is 5.15 Å². The van der Waals surface area contributed by atoms with Crippen LogP contribution in [0.25, 0.3) is 0 Å². The summed E-state index contributed by atoms with van der Waals surface area (Å²) in [4.78, 5) is 13.5. The van der Waals surface area contributed by atoms with Gasteiger partial charge in [0.2, 0.25) is 0 Å². The average Bonchev–Trinajstić information content (AvgIpc) is 1.88. The van der Waals surface area contributed by atoms with Gasteiger partial charge in [-0.15, -0.1) is 0 Å². The Kier molecular flexibility index (Phi) is 1.97. The molecule has 1 rings (SSSR count). The van der Waals surface area contributed by atoms with Crippen LogP contribution in [0, 0.1) is 5.82 Å². The first-order valence-corrected chi connectivity index (χ1v) is 2.88. The molecule has 1 aromatic heterocycles. The number of halogens is 2. The maximum absolute atomic E-state index is 12.5. The van der Waals surface area contributed by atoms with E-state index < -0.39 is 5.82 Å². The number of carbonyl (C=O) groups is 1. The highest BCUT2D eigenvalue weighted by atomic mass is 35.5. The minimum Gasteiger partial charge on any atom is -0.298 e. The Bertz CT molecular complexity index is 264. The fraction of sp³-hybridized carbons (Fsp3) is 0. The van der Waals surface area contributed by atoms with Gasteiger partial charge in [0, 0.05) is 12.3 Å². The van der Waals surface area contributed by atoms with Crippen LogP contribution in [0.3, 0.4) is 0 Å². The lowest BCUT2D eigenvalue weighted by Crippen LogP contribution is -1.88. The molecule has 0 aromatic carbocycles. The summed E-state index contributed by atoms with van der Waals surface area (Å²) in [7, 11) is 0. The standard InChI is InChI=1S/C6H3ClFNO/c7-6-1-5(8)4(3-10)2-9-6/h1-3H. The Morgan fingerprint density at radius 1 is 1.70 bits per heavy atom. The SMILES string of the molecule is O=Cc1cnc(Cl)cc1F. The fourth-order valence-electron chi connectivity index (χ4n) is 0.505. The lowest BCUT2D eigenvalue weighted by molar-refractivity contribution is 0.111. The lowest BCUT2D eigenvalue weighted by Gasteiger charge is -1.91. The van der Waals surface area contributed by atoms with Crippen LogP contribution in [-0.4, -0.2) is 11.3 Å². The Labute approximate surface area is 61.6 Å². The van der Waals surface area contributed by atoms with Crippen LogP contribution in [0.5, 0.6) is 0 Å². The van der Waals surface area contributed by atoms with Crippen molar-refractivity contribution in [3.8, 4) is 0 Å². The Morgan fingerprint density at radius 3 is 2.90 bits per heavy atom. The summed E-state index contributed by atoms with van der Waals surface area (Å²) in [6.07, 6.45) is 1.48. The first-order valence-electron chi connectivity index (χ1n) is 2.50. The highest BCUT2D eigenvalue weighted by Gasteiger charge is 2.00. The minimum absolute atomic E-state index is 0.0445. The summed E-state index contributed by atoms with van der Waals surface area (Å²) in [6, 6.07) is 0.991. The molecule has 0 spiro atoms. The quantitative estimate of drug-likeness (QED) is 0.461. The van der Waals surface area contributed by atoms with Crippen molar-refractivity contribution in [2.24, 2.45) is 0 Å². The van der Waals surface area contributed by atoms with Gasteiger partial charge in [0.05, 0.1) is 5.56 Å². The molecule has 0 aliphatic heterocycles. The molecule has 4 heteroatoms. The number of hydrogen-bond donors (Lipinski definition) is 0. The predicted molar refractivity (Wildman–Crippen MR) is 34.6 cm³/mol. The van der Waals surface area contributed by atoms with Crippen molar-refractivity contribution < 1.29 is 9.18 Å². The van der Waals surface area contributed by atoms with Crippen molar-refractivity contribution in [1.29, 1.82) is 0 Å². The number of rotatable bonds is 1. The average molecular weight is 160 g/mol. The molecule has 2 nitrogen and oxygen atoms in total. The third-order valence-corrected chi connectivity index (χ3v) is 1.18. The summed E-state index contributed by atoms with van der Waals surface area (Å²) < 4.78 is 12.5. The molecular formula is C6H3ClFNO. The monoisotopic (exact) mass is 159 g/mol. The summed E-state index contributed by atoms with van der Waals surface area (Å²) in [5.74, 6) is -0.644. The van der Waals surface area contributed by atoms with Crippen LogP contribution in [0.1, 0.15) is 10.4 Å². The van der Waals surface area contributed by atoms with Crippen LogP contribution >= 0.6 is 11.6 Å². The van der Waals surface area contributed by atoms with E-state index in [4.69, 9.17) is 11.6 Å². The fourth-order valence-corrected chi connectivity index (χ4v) is 0.649. The lowest BCUT2D eigenvalue weighted by atomic mass is 10.3. The molecule has 0 amide bonds. The number of hydrogen-bond acceptors (Lipinski definition) is 2. The first-order chi connectivity index (χ1) is 4.74. The van der Waals surface area contributed by atoms with Gasteiger partial charge >= 0.3 is 0 Å². The predicted octanol–water partition coefficient (Wildman–Crippen LogP) is 1.69. The van der Waals surface area contributed by atoms with Crippen molar-refractivity contribution in [2.75, 3.05) is 0 Å². The highest BCUT2D eigenvalue weighted by Crippen LogP contribution is 2.08. The number of aldehydes is 1. The first kappa shape index (κ1) is 7.15. The van der Waals surface area contributed by atoms with Crippen molar-refractivity contribution in [3.05, 3.63) is 28.8 Å². The van der Waals surface area contributed by atoms with E-state index in [9.17, 15) is 9.18 Å². The minimum atomic E-state index is -0.644. The molecular weight excluding hydrogens is 157 g/mol. The van der Waals surface area contributed by atoms with E-state index in [0.29, 0.717) is 6.29 Å². The largest absolute Gasteiger partial charge is 0.298 e. The third kappa shape index (κ3) is 1.30. The maximum atomic E-state index is 12.5. The van der Waals surface area contributed by atoms with Gasteiger partial charge in [-0.3, -0.25) is 4.79 Å². The third-order valence-electron chi connectivity index (χ3n) is 0.976. The number of pyridine rings is 1. The second-order valence-electron chi connectivity index (χ2n) is 1.65. The van der Waals surface area contributed by atoms with E-state index in [1.807, 2.05) is 0 Å². The van der Waals surface area contributed by atoms with E-state index in [-0.39, 0.29) is 10.7 Å². The van der Waals surface area contributed by atoms with Gasteiger partial charge in [-0.25, -0.2) is 9.37 Å². The van der Waals surface area contributed by atoms with Gasteiger partial charge in [0.25, 0.3) is 0 Å². The van der Waals surface area contributed by atoms with Crippen LogP contribution in [0.4, 0.5) is 4.39 Å². The molecule has 52 valence electrons. The van der Waals surface area contributed by atoms with Crippen LogP contribution in [0.15, 0.2) is 12.3 Å². The van der Waals surface area contributed by atoms with Gasteiger partial charge < -0.3 is 0 Å². The van der Waals surface area contributed by atoms with E-state index in [1.54, 1.807) is 0 Å². The van der Waals surface area contributed by atoms with Crippen molar-refractivity contribution in [1.82, 2.24) is 4.98 Å². The number of nitrogens with zero attached hydrogens (tertiary/aromatic N) is 1. The van der Waals surface area contributed by atoms with E-state index in [1.165, 1.54) is 0 Å². The van der Waals surface area contributed by atoms with E-state index in [0.717, 1.165) is 12.3 Å². The van der Waals surface area contributed by atoms with E-state index in [2.05, 4.69) is 4.98 Å². The smallest absolute Gasteiger partial charge is 0.154 e. The van der Waals surface area contributed by atoms with Crippen molar-refractivity contribution in [2.45, 2.75) is 0 Å². The van der Waals surface area contributed by atoms with Gasteiger partial charge in [0.15, 0.2) is 6.29 Å². The second kappa shape index (κ2) is 2.75. The molecule has 10 heavy (non-hydrogen) atoms. The highest BCUT2D eigenvalue weighted by molar-refractivity contribution is 6.29. The molecule has 0 unspecified atom stereocenters. The molecule has 0 fully saturated rings. The van der Waals surface area contributed by atoms with Gasteiger partial charge in [-0.05, 0) is 0 Å². The van der Waals surface area contributed by atoms with Gasteiger partial charge in [-0.2, -0.15) is 0 Å². The number of aromatic nitrogens is 1. The maximum Gasteiger partial charge on any atom is 0.154 e. The molecule has 0 saturated heterocycles. The zero-order valence-electron chi connectivity index (χ0n) is 4.84. The summed E-state index contributed by atoms with van der Waals surface area (Å²) >= 11 is 5.31. The Morgan fingerprint density at radius 2 is 2.40 bits per heavy atom. The molecule has 1 heterocycles. The molecule has 0 bridgehead atoms. The molecule has 1 aromatic rings. The summed E-state index contributed by atoms with van der Waals surface area (Å²) in [6.45, 7) is 0. The topological polar surface area (TPSA) is 30.0 Å². The van der Waals surface area contributed by atoms with Gasteiger partial charge in [0.1, 0.15) is 11.0 Å². The molecule has 0 aliphatic carbocycles. The zero-order chi connectivity index (χ0) is 7.56. The molecule has 0 atom stereocenters. The Balaban J connectivity index is 3.19. The molecule has 0 saturated carbocycles. The van der Waals surface area contributed by atoms with E-state index >= 15 is 0 Å². The summed E-state index contributed by atoms with van der Waals surface area (Å²) in [5.41, 5.74) is -0.0793. The van der Waals surface area contributed by atoms with Gasteiger partial charge in [-0.1, -0.05) is 11.6 Å². The zero-order valence-corrected chi connectivity index (χ0v) is 5.60. The summed E-state index contributed by atoms with van der Waals surface area (Å²) in [5, 5.41) is 0.0445. The molecule has 0 aliphatic rings. The van der Waals surface area contributed by atoms with Crippen molar-refractivity contribution in [3.63, 3.8) is 0 Å². The number of carbonyl (C=O) groups excluding carboxylic acids is 1. The Hall–Kier alpha value is -0.960.